The van der Waals surface area contributed by atoms with Crippen LogP contribution in [0.25, 0.3) is 5.69 Å². The second-order valence-corrected chi connectivity index (χ2v) is 8.89. The number of aryl methyl sites for hydroxylation is 1. The highest BCUT2D eigenvalue weighted by Gasteiger charge is 2.31. The van der Waals surface area contributed by atoms with Crippen LogP contribution < -0.4 is 0 Å². The van der Waals surface area contributed by atoms with Gasteiger partial charge in [0.05, 0.1) is 17.8 Å². The number of para-hydroxylation sites is 1. The lowest BCUT2D eigenvalue weighted by Gasteiger charge is -2.24. The van der Waals surface area contributed by atoms with Gasteiger partial charge < -0.3 is 4.74 Å². The summed E-state index contributed by atoms with van der Waals surface area (Å²) in [5.41, 5.74) is 7.62. The summed E-state index contributed by atoms with van der Waals surface area (Å²) < 4.78 is 7.74. The van der Waals surface area contributed by atoms with Gasteiger partial charge in [-0.15, -0.1) is 15.9 Å². The minimum absolute atomic E-state index is 0.0853. The van der Waals surface area contributed by atoms with Crippen LogP contribution >= 0.6 is 0 Å². The average Bonchev–Trinajstić information content (AvgIpc) is 2.96. The molecule has 0 N–H and O–H groups in total. The van der Waals surface area contributed by atoms with Gasteiger partial charge in [-0.25, -0.2) is 0 Å². The van der Waals surface area contributed by atoms with Gasteiger partial charge in [-0.05, 0) is 51.3 Å². The van der Waals surface area contributed by atoms with Gasteiger partial charge >= 0.3 is 5.97 Å². The number of benzene rings is 1. The standard InChI is InChI=1S/C27H30N4O2/c1-6-19-11-10-12-20(16-15-19)25-21-13-8-9-14-23(21)31-18(3)29-30-26(31)22(28-25)17-24(32)33-27(4,5)7-2/h8-14,16,22H,6-7,17H2,1-5H3/t22-/m0/s1. The lowest BCUT2D eigenvalue weighted by atomic mass is 9.99. The molecular formula is C27H30N4O2. The Morgan fingerprint density at radius 1 is 1.21 bits per heavy atom. The highest BCUT2D eigenvalue weighted by Crippen LogP contribution is 2.33. The maximum absolute atomic E-state index is 12.9. The highest BCUT2D eigenvalue weighted by molar-refractivity contribution is 6.17. The van der Waals surface area contributed by atoms with Crippen molar-refractivity contribution in [2.45, 2.75) is 65.5 Å². The Bertz CT molecular complexity index is 1240. The third-order valence-corrected chi connectivity index (χ3v) is 6.08. The van der Waals surface area contributed by atoms with E-state index in [2.05, 4.69) is 28.9 Å². The predicted octanol–water partition coefficient (Wildman–Crippen LogP) is 5.53. The number of aromatic nitrogens is 3. The van der Waals surface area contributed by atoms with Crippen molar-refractivity contribution in [1.82, 2.24) is 14.8 Å². The number of rotatable bonds is 6. The van der Waals surface area contributed by atoms with E-state index in [4.69, 9.17) is 9.73 Å². The van der Waals surface area contributed by atoms with Crippen molar-refractivity contribution in [3.63, 3.8) is 0 Å². The number of allylic oxidation sites excluding steroid dienone is 5. The first-order chi connectivity index (χ1) is 15.8. The SMILES string of the molecule is CCC1=C=CC(C2=N[C@@H](CC(=O)OC(C)(C)CC)c3nnc(C)n3-c3ccccc32)=CC=C1. The Balaban J connectivity index is 1.85. The maximum atomic E-state index is 12.9. The summed E-state index contributed by atoms with van der Waals surface area (Å²) in [5.74, 6) is 1.09. The second kappa shape index (κ2) is 9.16. The van der Waals surface area contributed by atoms with Gasteiger partial charge in [-0.1, -0.05) is 50.3 Å². The summed E-state index contributed by atoms with van der Waals surface area (Å²) in [6.07, 6.45) is 9.82. The van der Waals surface area contributed by atoms with Gasteiger partial charge in [0.15, 0.2) is 5.82 Å². The van der Waals surface area contributed by atoms with E-state index in [0.29, 0.717) is 5.82 Å². The first kappa shape index (κ1) is 22.7. The fraction of sp³-hybridized carbons (Fsp3) is 0.370. The summed E-state index contributed by atoms with van der Waals surface area (Å²) in [4.78, 5) is 18.0. The largest absolute Gasteiger partial charge is 0.460 e. The molecule has 0 spiro atoms. The number of esters is 1. The fourth-order valence-electron chi connectivity index (χ4n) is 3.89. The third-order valence-electron chi connectivity index (χ3n) is 6.08. The van der Waals surface area contributed by atoms with Crippen molar-refractivity contribution in [1.29, 1.82) is 0 Å². The molecule has 1 aromatic heterocycles. The topological polar surface area (TPSA) is 69.4 Å². The van der Waals surface area contributed by atoms with Crippen LogP contribution in [0.4, 0.5) is 0 Å². The second-order valence-electron chi connectivity index (χ2n) is 8.89. The number of hydrogen-bond donors (Lipinski definition) is 0. The first-order valence-corrected chi connectivity index (χ1v) is 11.5. The van der Waals surface area contributed by atoms with Crippen LogP contribution in [0.3, 0.4) is 0 Å². The van der Waals surface area contributed by atoms with Crippen LogP contribution in [-0.4, -0.2) is 32.0 Å². The fourth-order valence-corrected chi connectivity index (χ4v) is 3.89. The van der Waals surface area contributed by atoms with Crippen molar-refractivity contribution in [3.05, 3.63) is 82.7 Å². The lowest BCUT2D eigenvalue weighted by molar-refractivity contribution is -0.157. The molecule has 1 aromatic carbocycles. The van der Waals surface area contributed by atoms with Crippen LogP contribution in [0.15, 0.2) is 70.4 Å². The van der Waals surface area contributed by atoms with E-state index in [9.17, 15) is 4.79 Å². The number of carbonyl (C=O) groups is 1. The Hall–Kier alpha value is -3.50. The Morgan fingerprint density at radius 3 is 2.76 bits per heavy atom. The Morgan fingerprint density at radius 2 is 2.00 bits per heavy atom. The minimum atomic E-state index is -0.528. The molecule has 33 heavy (non-hydrogen) atoms. The number of nitrogens with zero attached hydrogens (tertiary/aromatic N) is 4. The van der Waals surface area contributed by atoms with Crippen LogP contribution in [0.1, 0.15) is 70.2 Å². The number of hydrogen-bond acceptors (Lipinski definition) is 5. The first-order valence-electron chi connectivity index (χ1n) is 11.5. The van der Waals surface area contributed by atoms with Gasteiger partial charge in [0, 0.05) is 11.1 Å². The van der Waals surface area contributed by atoms with E-state index in [1.54, 1.807) is 0 Å². The van der Waals surface area contributed by atoms with Crippen LogP contribution in [0.2, 0.25) is 0 Å². The summed E-state index contributed by atoms with van der Waals surface area (Å²) in [5, 5.41) is 8.73. The molecule has 2 aromatic rings. The summed E-state index contributed by atoms with van der Waals surface area (Å²) in [7, 11) is 0. The van der Waals surface area contributed by atoms with E-state index in [1.807, 2.05) is 74.8 Å². The number of fused-ring (bicyclic) bond motifs is 3. The van der Waals surface area contributed by atoms with Crippen molar-refractivity contribution in [2.24, 2.45) is 4.99 Å². The zero-order valence-corrected chi connectivity index (χ0v) is 19.9. The smallest absolute Gasteiger partial charge is 0.308 e. The molecule has 0 amide bonds. The zero-order chi connectivity index (χ0) is 23.6. The molecule has 6 heteroatoms. The van der Waals surface area contributed by atoms with Crippen LogP contribution in [0, 0.1) is 6.92 Å². The molecule has 0 radical (unpaired) electrons. The average molecular weight is 443 g/mol. The summed E-state index contributed by atoms with van der Waals surface area (Å²) in [6, 6.07) is 7.55. The molecule has 1 atom stereocenters. The van der Waals surface area contributed by atoms with E-state index < -0.39 is 11.6 Å². The maximum Gasteiger partial charge on any atom is 0.308 e. The van der Waals surface area contributed by atoms with Crippen molar-refractivity contribution >= 4 is 11.7 Å². The van der Waals surface area contributed by atoms with E-state index in [0.717, 1.165) is 46.8 Å². The van der Waals surface area contributed by atoms with Gasteiger partial charge in [-0.3, -0.25) is 14.4 Å². The van der Waals surface area contributed by atoms with Crippen molar-refractivity contribution in [2.75, 3.05) is 0 Å². The lowest BCUT2D eigenvalue weighted by Crippen LogP contribution is -2.28. The van der Waals surface area contributed by atoms with E-state index in [-0.39, 0.29) is 12.4 Å². The molecule has 0 bridgehead atoms. The number of carbonyl (C=O) groups excluding carboxylic acids is 1. The molecule has 2 heterocycles. The zero-order valence-electron chi connectivity index (χ0n) is 19.9. The van der Waals surface area contributed by atoms with Crippen molar-refractivity contribution < 1.29 is 9.53 Å². The van der Waals surface area contributed by atoms with Crippen molar-refractivity contribution in [3.8, 4) is 5.69 Å². The van der Waals surface area contributed by atoms with E-state index in [1.165, 1.54) is 0 Å². The molecule has 0 unspecified atom stereocenters. The van der Waals surface area contributed by atoms with Gasteiger partial charge in [-0.2, -0.15) is 0 Å². The molecule has 0 saturated heterocycles. The molecule has 6 nitrogen and oxygen atoms in total. The van der Waals surface area contributed by atoms with Crippen LogP contribution in [-0.2, 0) is 9.53 Å². The quantitative estimate of drug-likeness (QED) is 0.436. The third kappa shape index (κ3) is 4.67. The number of aliphatic imine (C=N–C) groups is 1. The molecule has 1 aliphatic carbocycles. The number of ether oxygens (including phenoxy) is 1. The van der Waals surface area contributed by atoms with E-state index >= 15 is 0 Å². The van der Waals surface area contributed by atoms with Gasteiger partial charge in [0.2, 0.25) is 0 Å². The summed E-state index contributed by atoms with van der Waals surface area (Å²) >= 11 is 0. The molecular weight excluding hydrogens is 412 g/mol. The summed E-state index contributed by atoms with van der Waals surface area (Å²) in [6.45, 7) is 9.86. The monoisotopic (exact) mass is 442 g/mol. The highest BCUT2D eigenvalue weighted by atomic mass is 16.6. The molecule has 0 fully saturated rings. The minimum Gasteiger partial charge on any atom is -0.460 e. The molecule has 1 aliphatic heterocycles. The normalized spacial score (nSPS) is 17.2. The van der Waals surface area contributed by atoms with Gasteiger partial charge in [0.25, 0.3) is 0 Å². The molecule has 4 rings (SSSR count). The molecule has 2 aliphatic rings. The molecule has 0 saturated carbocycles. The predicted molar refractivity (Wildman–Crippen MR) is 130 cm³/mol. The Kier molecular flexibility index (Phi) is 6.30. The molecule has 170 valence electrons. The Labute approximate surface area is 195 Å². The van der Waals surface area contributed by atoms with Gasteiger partial charge in [0.1, 0.15) is 17.5 Å². The van der Waals surface area contributed by atoms with Crippen LogP contribution in [0.5, 0.6) is 0 Å².